The minimum Gasteiger partial charge on any atom is -0.224 e. The Bertz CT molecular complexity index is 458. The van der Waals surface area contributed by atoms with Gasteiger partial charge in [-0.1, -0.05) is 24.8 Å². The highest BCUT2D eigenvalue weighted by molar-refractivity contribution is 7.91. The largest absolute Gasteiger partial charge is 0.224 e. The molecular formula is C10H10O2S. The van der Waals surface area contributed by atoms with E-state index in [1.165, 1.54) is 0 Å². The molecule has 0 spiro atoms. The van der Waals surface area contributed by atoms with E-state index < -0.39 is 9.84 Å². The molecule has 1 aliphatic rings. The molecule has 68 valence electrons. The summed E-state index contributed by atoms with van der Waals surface area (Å²) in [5, 5.41) is 0. The van der Waals surface area contributed by atoms with Gasteiger partial charge in [-0.15, -0.1) is 0 Å². The van der Waals surface area contributed by atoms with Gasteiger partial charge in [0, 0.05) is 0 Å². The molecule has 0 atom stereocenters. The fourth-order valence-corrected chi connectivity index (χ4v) is 3.10. The molecule has 3 heteroatoms. The number of fused-ring (bicyclic) bond motifs is 1. The van der Waals surface area contributed by atoms with Crippen LogP contribution in [0.5, 0.6) is 0 Å². The third-order valence-corrected chi connectivity index (χ3v) is 4.04. The first-order chi connectivity index (χ1) is 6.11. The summed E-state index contributed by atoms with van der Waals surface area (Å²) in [5.41, 5.74) is 1.71. The lowest BCUT2D eigenvalue weighted by molar-refractivity contribution is 0.594. The zero-order valence-corrected chi connectivity index (χ0v) is 7.97. The minimum absolute atomic E-state index is 0.197. The molecule has 0 radical (unpaired) electrons. The van der Waals surface area contributed by atoms with Crippen LogP contribution in [0.3, 0.4) is 0 Å². The van der Waals surface area contributed by atoms with E-state index in [0.717, 1.165) is 11.1 Å². The summed E-state index contributed by atoms with van der Waals surface area (Å²) in [5.74, 6) is 0.197. The molecule has 1 aromatic carbocycles. The van der Waals surface area contributed by atoms with Gasteiger partial charge in [-0.25, -0.2) is 8.42 Å². The Balaban J connectivity index is 2.76. The van der Waals surface area contributed by atoms with Gasteiger partial charge in [-0.05, 0) is 23.6 Å². The Labute approximate surface area is 77.8 Å². The molecular weight excluding hydrogens is 184 g/mol. The van der Waals surface area contributed by atoms with Crippen molar-refractivity contribution in [3.8, 4) is 0 Å². The van der Waals surface area contributed by atoms with Crippen molar-refractivity contribution >= 4 is 15.4 Å². The van der Waals surface area contributed by atoms with Crippen LogP contribution in [0.4, 0.5) is 0 Å². The molecule has 0 amide bonds. The molecule has 1 aromatic rings. The molecule has 0 unspecified atom stereocenters. The molecule has 2 nitrogen and oxygen atoms in total. The van der Waals surface area contributed by atoms with Gasteiger partial charge < -0.3 is 0 Å². The number of allylic oxidation sites excluding steroid dienone is 1. The summed E-state index contributed by atoms with van der Waals surface area (Å²) in [6, 6.07) is 7.04. The van der Waals surface area contributed by atoms with Crippen molar-refractivity contribution < 1.29 is 8.42 Å². The van der Waals surface area contributed by atoms with E-state index >= 15 is 0 Å². The second kappa shape index (κ2) is 2.70. The second-order valence-electron chi connectivity index (χ2n) is 3.17. The van der Waals surface area contributed by atoms with Crippen LogP contribution < -0.4 is 0 Å². The smallest absolute Gasteiger partial charge is 0.179 e. The summed E-state index contributed by atoms with van der Waals surface area (Å²) in [6.07, 6.45) is 0.555. The summed E-state index contributed by atoms with van der Waals surface area (Å²) in [7, 11) is -3.04. The third kappa shape index (κ3) is 1.29. The average molecular weight is 194 g/mol. The Morgan fingerprint density at radius 1 is 1.23 bits per heavy atom. The van der Waals surface area contributed by atoms with E-state index in [1.54, 1.807) is 12.1 Å². The van der Waals surface area contributed by atoms with Crippen LogP contribution in [0.2, 0.25) is 0 Å². The lowest BCUT2D eigenvalue weighted by atomic mass is 10.1. The van der Waals surface area contributed by atoms with E-state index in [2.05, 4.69) is 6.58 Å². The van der Waals surface area contributed by atoms with Crippen molar-refractivity contribution in [3.63, 3.8) is 0 Å². The van der Waals surface area contributed by atoms with Crippen LogP contribution in [0.25, 0.3) is 5.57 Å². The summed E-state index contributed by atoms with van der Waals surface area (Å²) in [6.45, 7) is 3.86. The highest BCUT2D eigenvalue weighted by Gasteiger charge is 2.24. The topological polar surface area (TPSA) is 34.1 Å². The normalized spacial score (nSPS) is 19.5. The van der Waals surface area contributed by atoms with Gasteiger partial charge in [0.15, 0.2) is 9.84 Å². The highest BCUT2D eigenvalue weighted by Crippen LogP contribution is 2.31. The van der Waals surface area contributed by atoms with Crippen LogP contribution in [0.1, 0.15) is 12.0 Å². The van der Waals surface area contributed by atoms with Crippen molar-refractivity contribution in [1.82, 2.24) is 0 Å². The van der Waals surface area contributed by atoms with Crippen LogP contribution in [-0.2, 0) is 9.84 Å². The van der Waals surface area contributed by atoms with E-state index in [1.807, 2.05) is 12.1 Å². The number of sulfone groups is 1. The minimum atomic E-state index is -3.04. The van der Waals surface area contributed by atoms with Gasteiger partial charge in [0.2, 0.25) is 0 Å². The first-order valence-corrected chi connectivity index (χ1v) is 5.76. The Morgan fingerprint density at radius 3 is 2.62 bits per heavy atom. The van der Waals surface area contributed by atoms with Crippen LogP contribution >= 0.6 is 0 Å². The fraction of sp³-hybridized carbons (Fsp3) is 0.200. The summed E-state index contributed by atoms with van der Waals surface area (Å²) in [4.78, 5) is 0.436. The van der Waals surface area contributed by atoms with E-state index in [-0.39, 0.29) is 5.75 Å². The molecule has 1 aliphatic heterocycles. The molecule has 0 aliphatic carbocycles. The van der Waals surface area contributed by atoms with E-state index in [0.29, 0.717) is 11.3 Å². The number of benzene rings is 1. The predicted octanol–water partition coefficient (Wildman–Crippen LogP) is 1.88. The van der Waals surface area contributed by atoms with Gasteiger partial charge in [0.25, 0.3) is 0 Å². The molecule has 13 heavy (non-hydrogen) atoms. The highest BCUT2D eigenvalue weighted by atomic mass is 32.2. The van der Waals surface area contributed by atoms with Crippen molar-refractivity contribution in [2.75, 3.05) is 5.75 Å². The molecule has 0 fully saturated rings. The maximum absolute atomic E-state index is 11.6. The van der Waals surface area contributed by atoms with Crippen LogP contribution in [0.15, 0.2) is 35.7 Å². The van der Waals surface area contributed by atoms with Crippen LogP contribution in [-0.4, -0.2) is 14.2 Å². The SMILES string of the molecule is C=C1CCS(=O)(=O)c2ccccc21. The molecule has 2 rings (SSSR count). The maximum Gasteiger partial charge on any atom is 0.179 e. The molecule has 1 heterocycles. The molecule has 0 saturated carbocycles. The molecule has 0 saturated heterocycles. The standard InChI is InChI=1S/C10H10O2S/c1-8-6-7-13(11,12)10-5-3-2-4-9(8)10/h2-5H,1,6-7H2. The Kier molecular flexibility index (Phi) is 1.77. The van der Waals surface area contributed by atoms with Crippen molar-refractivity contribution in [2.24, 2.45) is 0 Å². The quantitative estimate of drug-likeness (QED) is 0.632. The van der Waals surface area contributed by atoms with Gasteiger partial charge in [0.1, 0.15) is 0 Å². The fourth-order valence-electron chi connectivity index (χ4n) is 1.53. The Morgan fingerprint density at radius 2 is 1.92 bits per heavy atom. The van der Waals surface area contributed by atoms with Gasteiger partial charge >= 0.3 is 0 Å². The Hall–Kier alpha value is -1.09. The summed E-state index contributed by atoms with van der Waals surface area (Å²) < 4.78 is 23.2. The number of hydrogen-bond acceptors (Lipinski definition) is 2. The zero-order chi connectivity index (χ0) is 9.47. The zero-order valence-electron chi connectivity index (χ0n) is 7.16. The number of rotatable bonds is 0. The average Bonchev–Trinajstić information content (AvgIpc) is 2.13. The molecule has 0 aromatic heterocycles. The van der Waals surface area contributed by atoms with Gasteiger partial charge in [-0.3, -0.25) is 0 Å². The van der Waals surface area contributed by atoms with Crippen molar-refractivity contribution in [2.45, 2.75) is 11.3 Å². The summed E-state index contributed by atoms with van der Waals surface area (Å²) >= 11 is 0. The van der Waals surface area contributed by atoms with Crippen LogP contribution in [0, 0.1) is 0 Å². The predicted molar refractivity (Wildman–Crippen MR) is 52.1 cm³/mol. The van der Waals surface area contributed by atoms with Gasteiger partial charge in [0.05, 0.1) is 10.6 Å². The second-order valence-corrected chi connectivity index (χ2v) is 5.25. The first kappa shape index (κ1) is 8.51. The van der Waals surface area contributed by atoms with Crippen molar-refractivity contribution in [1.29, 1.82) is 0 Å². The molecule has 0 bridgehead atoms. The first-order valence-electron chi connectivity index (χ1n) is 4.11. The lowest BCUT2D eigenvalue weighted by Gasteiger charge is -2.17. The molecule has 0 N–H and O–H groups in total. The maximum atomic E-state index is 11.6. The van der Waals surface area contributed by atoms with Crippen molar-refractivity contribution in [3.05, 3.63) is 36.4 Å². The van der Waals surface area contributed by atoms with Gasteiger partial charge in [-0.2, -0.15) is 0 Å². The number of hydrogen-bond donors (Lipinski definition) is 0. The third-order valence-electron chi connectivity index (χ3n) is 2.28. The van der Waals surface area contributed by atoms with E-state index in [4.69, 9.17) is 0 Å². The lowest BCUT2D eigenvalue weighted by Crippen LogP contribution is -2.14. The monoisotopic (exact) mass is 194 g/mol. The van der Waals surface area contributed by atoms with E-state index in [9.17, 15) is 8.42 Å².